The number of H-pyrrole nitrogens is 1. The molecule has 42 heavy (non-hydrogen) atoms. The van der Waals surface area contributed by atoms with Crippen LogP contribution in [0.1, 0.15) is 53.9 Å². The number of aliphatic hydroxyl groups is 1. The van der Waals surface area contributed by atoms with Crippen molar-refractivity contribution in [1.29, 1.82) is 0 Å². The van der Waals surface area contributed by atoms with Crippen molar-refractivity contribution < 1.29 is 14.6 Å². The Morgan fingerprint density at radius 1 is 1.05 bits per heavy atom. The van der Waals surface area contributed by atoms with Crippen molar-refractivity contribution in [1.82, 2.24) is 15.2 Å². The summed E-state index contributed by atoms with van der Waals surface area (Å²) in [6.45, 7) is 12.7. The fourth-order valence-corrected chi connectivity index (χ4v) is 6.38. The van der Waals surface area contributed by atoms with E-state index in [2.05, 4.69) is 57.4 Å². The zero-order valence-electron chi connectivity index (χ0n) is 24.9. The second kappa shape index (κ2) is 14.2. The fourth-order valence-electron chi connectivity index (χ4n) is 6.06. The highest BCUT2D eigenvalue weighted by atomic mass is 35.5. The van der Waals surface area contributed by atoms with Crippen LogP contribution in [0.5, 0.6) is 0 Å². The highest BCUT2D eigenvalue weighted by molar-refractivity contribution is 6.34. The first-order chi connectivity index (χ1) is 20.3. The molecule has 8 nitrogen and oxygen atoms in total. The van der Waals surface area contributed by atoms with E-state index in [0.29, 0.717) is 22.2 Å². The van der Waals surface area contributed by atoms with Gasteiger partial charge >= 0.3 is 0 Å². The molecule has 226 valence electrons. The predicted molar refractivity (Wildman–Crippen MR) is 168 cm³/mol. The third kappa shape index (κ3) is 7.25. The molecular weight excluding hydrogens is 552 g/mol. The summed E-state index contributed by atoms with van der Waals surface area (Å²) < 4.78 is 11.1. The average molecular weight is 595 g/mol. The van der Waals surface area contributed by atoms with Crippen LogP contribution in [0.4, 0.5) is 5.69 Å². The maximum absolute atomic E-state index is 12.6. The maximum atomic E-state index is 12.6. The van der Waals surface area contributed by atoms with Gasteiger partial charge in [0.1, 0.15) is 6.23 Å². The normalized spacial score (nSPS) is 17.4. The predicted octanol–water partition coefficient (Wildman–Crippen LogP) is 4.93. The topological polar surface area (TPSA) is 90.1 Å². The second-order valence-electron chi connectivity index (χ2n) is 11.3. The van der Waals surface area contributed by atoms with Crippen molar-refractivity contribution >= 4 is 17.3 Å². The number of nitrogens with one attached hydrogen (secondary N) is 2. The molecule has 3 heterocycles. The number of hydrogen-bond acceptors (Lipinski definition) is 7. The highest BCUT2D eigenvalue weighted by Gasteiger charge is 2.26. The van der Waals surface area contributed by atoms with Crippen molar-refractivity contribution in [3.8, 4) is 11.1 Å². The van der Waals surface area contributed by atoms with Gasteiger partial charge in [-0.25, -0.2) is 0 Å². The Bertz CT molecular complexity index is 1400. The molecule has 2 aliphatic heterocycles. The van der Waals surface area contributed by atoms with Crippen molar-refractivity contribution in [2.75, 3.05) is 51.0 Å². The third-order valence-electron chi connectivity index (χ3n) is 8.42. The van der Waals surface area contributed by atoms with E-state index in [4.69, 9.17) is 21.1 Å². The van der Waals surface area contributed by atoms with Crippen LogP contribution >= 0.6 is 11.6 Å². The lowest BCUT2D eigenvalue weighted by Gasteiger charge is -2.36. The molecule has 3 N–H and O–H groups in total. The van der Waals surface area contributed by atoms with Crippen molar-refractivity contribution in [2.45, 2.75) is 59.0 Å². The number of benzene rings is 2. The number of nitrogens with zero attached hydrogens (tertiary/aromatic N) is 2. The van der Waals surface area contributed by atoms with Crippen LogP contribution in [-0.4, -0.2) is 67.1 Å². The Balaban J connectivity index is 1.46. The number of morpholine rings is 1. The van der Waals surface area contributed by atoms with E-state index in [9.17, 15) is 9.90 Å². The van der Waals surface area contributed by atoms with Crippen LogP contribution < -0.4 is 15.8 Å². The van der Waals surface area contributed by atoms with Crippen molar-refractivity contribution in [3.63, 3.8) is 0 Å². The lowest BCUT2D eigenvalue weighted by molar-refractivity contribution is 0.0342. The Hall–Kier alpha value is -2.72. The van der Waals surface area contributed by atoms with Crippen LogP contribution in [0.25, 0.3) is 11.1 Å². The molecule has 0 amide bonds. The van der Waals surface area contributed by atoms with Gasteiger partial charge in [0.25, 0.3) is 5.56 Å². The van der Waals surface area contributed by atoms with Gasteiger partial charge in [-0.1, -0.05) is 35.9 Å². The number of rotatable bonds is 10. The zero-order chi connectivity index (χ0) is 29.6. The number of ether oxygens (including phenoxy) is 2. The van der Waals surface area contributed by atoms with Gasteiger partial charge in [0.2, 0.25) is 0 Å². The van der Waals surface area contributed by atoms with Gasteiger partial charge in [-0.15, -0.1) is 0 Å². The van der Waals surface area contributed by atoms with E-state index < -0.39 is 6.23 Å². The molecule has 0 aliphatic carbocycles. The molecule has 1 atom stereocenters. The van der Waals surface area contributed by atoms with E-state index in [1.807, 2.05) is 26.0 Å². The molecule has 1 aromatic heterocycles. The van der Waals surface area contributed by atoms with Crippen molar-refractivity contribution in [2.24, 2.45) is 0 Å². The monoisotopic (exact) mass is 594 g/mol. The molecule has 0 radical (unpaired) electrons. The molecular formula is C33H43ClN4O4. The number of anilines is 1. The minimum Gasteiger partial charge on any atom is -0.381 e. The smallest absolute Gasteiger partial charge is 0.252 e. The second-order valence-corrected chi connectivity index (χ2v) is 11.7. The Labute approximate surface area is 253 Å². The molecule has 5 rings (SSSR count). The van der Waals surface area contributed by atoms with Crippen LogP contribution in [0.2, 0.25) is 5.02 Å². The number of aliphatic hydroxyl groups excluding tert-OH is 1. The summed E-state index contributed by atoms with van der Waals surface area (Å²) in [6, 6.07) is 15.0. The van der Waals surface area contributed by atoms with E-state index in [-0.39, 0.29) is 12.1 Å². The summed E-state index contributed by atoms with van der Waals surface area (Å²) >= 11 is 7.10. The maximum Gasteiger partial charge on any atom is 0.252 e. The fraction of sp³-hybridized carbons (Fsp3) is 0.485. The zero-order valence-corrected chi connectivity index (χ0v) is 25.7. The Kier molecular flexibility index (Phi) is 10.4. The van der Waals surface area contributed by atoms with Gasteiger partial charge in [0.15, 0.2) is 0 Å². The summed E-state index contributed by atoms with van der Waals surface area (Å²) in [5, 5.41) is 15.1. The van der Waals surface area contributed by atoms with Gasteiger partial charge in [-0.2, -0.15) is 0 Å². The van der Waals surface area contributed by atoms with E-state index in [0.717, 1.165) is 93.5 Å². The lowest BCUT2D eigenvalue weighted by Crippen LogP contribution is -2.39. The number of aromatic nitrogens is 1. The summed E-state index contributed by atoms with van der Waals surface area (Å²) in [7, 11) is 0. The number of halogens is 1. The lowest BCUT2D eigenvalue weighted by atomic mass is 9.98. The van der Waals surface area contributed by atoms with Crippen molar-refractivity contribution in [3.05, 3.63) is 85.8 Å². The largest absolute Gasteiger partial charge is 0.381 e. The molecule has 9 heteroatoms. The minimum absolute atomic E-state index is 0.151. The van der Waals surface area contributed by atoms with Crippen LogP contribution in [0, 0.1) is 13.8 Å². The minimum atomic E-state index is -1.06. The van der Waals surface area contributed by atoms with E-state index >= 15 is 0 Å². The number of aryl methyl sites for hydroxylation is 2. The van der Waals surface area contributed by atoms with Crippen LogP contribution in [-0.2, 0) is 22.6 Å². The SMILES string of the molecule is CCN(c1cc(-c2ccc(CN3CCOCC3)cc2)cc(C(O)NCc2c(C)cc(C)[nH]c2=O)c1Cl)C1CCOCC1. The van der Waals surface area contributed by atoms with Gasteiger partial charge in [-0.3, -0.25) is 15.0 Å². The van der Waals surface area contributed by atoms with Gasteiger partial charge in [-0.05, 0) is 74.1 Å². The van der Waals surface area contributed by atoms with Crippen LogP contribution in [0.3, 0.4) is 0 Å². The number of aromatic amines is 1. The summed E-state index contributed by atoms with van der Waals surface area (Å²) in [5.74, 6) is 0. The van der Waals surface area contributed by atoms with Gasteiger partial charge in [0, 0.05) is 68.8 Å². The first-order valence-electron chi connectivity index (χ1n) is 15.0. The molecule has 1 unspecified atom stereocenters. The number of hydrogen-bond donors (Lipinski definition) is 3. The summed E-state index contributed by atoms with van der Waals surface area (Å²) in [6.07, 6.45) is 0.789. The molecule has 0 spiro atoms. The van der Waals surface area contributed by atoms with E-state index in [1.165, 1.54) is 5.56 Å². The first kappa shape index (κ1) is 30.7. The Morgan fingerprint density at radius 2 is 1.74 bits per heavy atom. The molecule has 2 aromatic carbocycles. The van der Waals surface area contributed by atoms with Gasteiger partial charge < -0.3 is 24.5 Å². The molecule has 0 saturated carbocycles. The molecule has 0 bridgehead atoms. The quantitative estimate of drug-likeness (QED) is 0.287. The first-order valence-corrected chi connectivity index (χ1v) is 15.4. The van der Waals surface area contributed by atoms with E-state index in [1.54, 1.807) is 0 Å². The number of pyridine rings is 1. The highest BCUT2D eigenvalue weighted by Crippen LogP contribution is 2.39. The van der Waals surface area contributed by atoms with Gasteiger partial charge in [0.05, 0.1) is 23.9 Å². The van der Waals surface area contributed by atoms with Crippen LogP contribution in [0.15, 0.2) is 47.3 Å². The Morgan fingerprint density at radius 3 is 2.40 bits per heavy atom. The summed E-state index contributed by atoms with van der Waals surface area (Å²) in [5.41, 5.74) is 6.93. The molecule has 2 saturated heterocycles. The third-order valence-corrected chi connectivity index (χ3v) is 8.83. The summed E-state index contributed by atoms with van der Waals surface area (Å²) in [4.78, 5) is 20.2. The molecule has 3 aromatic rings. The molecule has 2 fully saturated rings. The molecule has 2 aliphatic rings. The average Bonchev–Trinajstić information content (AvgIpc) is 2.99. The standard InChI is InChI=1S/C33H43ClN4O4/c1-4-38(27-9-13-41-14-10-27)30-19-26(25-7-5-24(6-8-25)21-37-11-15-42-16-12-37)18-28(31(30)34)32(39)35-20-29-22(2)17-23(3)36-33(29)40/h5-8,17-19,27,32,35,39H,4,9-16,20-21H2,1-3H3,(H,36,40).